The maximum absolute atomic E-state index is 4.56. The Balaban J connectivity index is 1.88. The Bertz CT molecular complexity index is 701. The van der Waals surface area contributed by atoms with Gasteiger partial charge in [0.25, 0.3) is 0 Å². The van der Waals surface area contributed by atoms with Crippen molar-refractivity contribution in [3.63, 3.8) is 0 Å². The highest BCUT2D eigenvalue weighted by Gasteiger charge is 2.08. The molecule has 0 saturated carbocycles. The van der Waals surface area contributed by atoms with E-state index in [1.165, 1.54) is 11.1 Å². The molecule has 0 amide bonds. The van der Waals surface area contributed by atoms with Crippen molar-refractivity contribution in [2.75, 3.05) is 5.32 Å². The Morgan fingerprint density at radius 1 is 1.05 bits per heavy atom. The number of anilines is 2. The largest absolute Gasteiger partial charge is 0.331 e. The molecule has 0 aliphatic carbocycles. The van der Waals surface area contributed by atoms with E-state index >= 15 is 0 Å². The normalized spacial score (nSPS) is 10.5. The first-order valence-electron chi connectivity index (χ1n) is 6.29. The van der Waals surface area contributed by atoms with Gasteiger partial charge < -0.3 is 5.32 Å². The molecule has 0 bridgehead atoms. The molecule has 0 aliphatic heterocycles. The summed E-state index contributed by atoms with van der Waals surface area (Å²) in [6.45, 7) is 4.18. The number of rotatable bonds is 3. The Morgan fingerprint density at radius 3 is 2.55 bits per heavy atom. The van der Waals surface area contributed by atoms with E-state index in [0.29, 0.717) is 0 Å². The molecule has 2 heterocycles. The van der Waals surface area contributed by atoms with Gasteiger partial charge in [0.2, 0.25) is 0 Å². The predicted octanol–water partition coefficient (Wildman–Crippen LogP) is 3.96. The lowest BCUT2D eigenvalue weighted by Gasteiger charge is -2.09. The van der Waals surface area contributed by atoms with Gasteiger partial charge in [-0.15, -0.1) is 11.3 Å². The summed E-state index contributed by atoms with van der Waals surface area (Å²) >= 11 is 1.57. The molecular weight excluding hydrogens is 268 g/mol. The second-order valence-electron chi connectivity index (χ2n) is 4.52. The number of hydrogen-bond donors (Lipinski definition) is 1. The van der Waals surface area contributed by atoms with Crippen LogP contribution in [0.2, 0.25) is 0 Å². The van der Waals surface area contributed by atoms with Crippen molar-refractivity contribution < 1.29 is 0 Å². The van der Waals surface area contributed by atoms with Crippen LogP contribution in [-0.4, -0.2) is 15.0 Å². The minimum atomic E-state index is 0.790. The van der Waals surface area contributed by atoms with Gasteiger partial charge in [-0.1, -0.05) is 18.2 Å². The summed E-state index contributed by atoms with van der Waals surface area (Å²) in [7, 11) is 0. The van der Waals surface area contributed by atoms with Crippen LogP contribution < -0.4 is 5.32 Å². The van der Waals surface area contributed by atoms with Gasteiger partial charge in [-0.2, -0.15) is 0 Å². The van der Waals surface area contributed by atoms with Crippen molar-refractivity contribution in [1.82, 2.24) is 15.0 Å². The lowest BCUT2D eigenvalue weighted by molar-refractivity contribution is 1.19. The monoisotopic (exact) mass is 282 g/mol. The zero-order valence-corrected chi connectivity index (χ0v) is 12.1. The number of aromatic nitrogens is 3. The first-order chi connectivity index (χ1) is 9.74. The molecule has 1 N–H and O–H groups in total. The van der Waals surface area contributed by atoms with Crippen LogP contribution >= 0.6 is 11.3 Å². The molecule has 0 atom stereocenters. The van der Waals surface area contributed by atoms with Crippen molar-refractivity contribution in [2.45, 2.75) is 13.8 Å². The molecule has 0 unspecified atom stereocenters. The summed E-state index contributed by atoms with van der Waals surface area (Å²) < 4.78 is 0. The molecule has 0 aliphatic rings. The van der Waals surface area contributed by atoms with Crippen molar-refractivity contribution in [3.05, 3.63) is 53.3 Å². The van der Waals surface area contributed by atoms with Gasteiger partial charge in [0, 0.05) is 23.5 Å². The van der Waals surface area contributed by atoms with Crippen molar-refractivity contribution in [3.8, 4) is 11.4 Å². The van der Waals surface area contributed by atoms with Gasteiger partial charge >= 0.3 is 0 Å². The standard InChI is InChI=1S/C15H14N4S/c1-10-4-3-5-11(2)14(10)19-15-18-13(9-20-15)12-8-16-6-7-17-12/h3-9H,1-2H3,(H,18,19). The minimum absolute atomic E-state index is 0.790. The first-order valence-corrected chi connectivity index (χ1v) is 7.17. The first kappa shape index (κ1) is 12.7. The van der Waals surface area contributed by atoms with Gasteiger partial charge in [0.05, 0.1) is 6.20 Å². The van der Waals surface area contributed by atoms with Gasteiger partial charge in [-0.05, 0) is 25.0 Å². The molecule has 0 saturated heterocycles. The number of para-hydroxylation sites is 1. The molecule has 1 aromatic carbocycles. The second kappa shape index (κ2) is 5.38. The number of aryl methyl sites for hydroxylation is 2. The zero-order valence-electron chi connectivity index (χ0n) is 11.3. The molecule has 20 heavy (non-hydrogen) atoms. The molecule has 3 aromatic rings. The van der Waals surface area contributed by atoms with Crippen LogP contribution in [0.25, 0.3) is 11.4 Å². The summed E-state index contributed by atoms with van der Waals surface area (Å²) in [5.74, 6) is 0. The Hall–Kier alpha value is -2.27. The van der Waals surface area contributed by atoms with Gasteiger partial charge in [-0.3, -0.25) is 9.97 Å². The van der Waals surface area contributed by atoms with E-state index in [-0.39, 0.29) is 0 Å². The Morgan fingerprint density at radius 2 is 1.85 bits per heavy atom. The van der Waals surface area contributed by atoms with Crippen LogP contribution in [0.3, 0.4) is 0 Å². The van der Waals surface area contributed by atoms with E-state index in [1.54, 1.807) is 29.9 Å². The molecule has 0 radical (unpaired) electrons. The van der Waals surface area contributed by atoms with Crippen molar-refractivity contribution in [2.24, 2.45) is 0 Å². The maximum atomic E-state index is 4.56. The average Bonchev–Trinajstić information content (AvgIpc) is 2.93. The van der Waals surface area contributed by atoms with Gasteiger partial charge in [-0.25, -0.2) is 4.98 Å². The minimum Gasteiger partial charge on any atom is -0.331 e. The molecule has 5 heteroatoms. The lowest BCUT2D eigenvalue weighted by atomic mass is 10.1. The number of nitrogens with one attached hydrogen (secondary N) is 1. The van der Waals surface area contributed by atoms with Crippen LogP contribution in [0.4, 0.5) is 10.8 Å². The molecular formula is C15H14N4S. The van der Waals surface area contributed by atoms with Gasteiger partial charge in [0.15, 0.2) is 5.13 Å². The molecule has 2 aromatic heterocycles. The molecule has 0 fully saturated rings. The van der Waals surface area contributed by atoms with Crippen LogP contribution in [-0.2, 0) is 0 Å². The van der Waals surface area contributed by atoms with E-state index in [9.17, 15) is 0 Å². The van der Waals surface area contributed by atoms with Crippen LogP contribution in [0.15, 0.2) is 42.2 Å². The number of thiazole rings is 1. The summed E-state index contributed by atoms with van der Waals surface area (Å²) in [5, 5.41) is 6.24. The third-order valence-electron chi connectivity index (χ3n) is 3.04. The predicted molar refractivity (Wildman–Crippen MR) is 82.3 cm³/mol. The topological polar surface area (TPSA) is 50.7 Å². The van der Waals surface area contributed by atoms with E-state index in [4.69, 9.17) is 0 Å². The number of nitrogens with zero attached hydrogens (tertiary/aromatic N) is 3. The van der Waals surface area contributed by atoms with Gasteiger partial charge in [0.1, 0.15) is 11.4 Å². The summed E-state index contributed by atoms with van der Waals surface area (Å²) in [6, 6.07) is 6.24. The Labute approximate surface area is 121 Å². The second-order valence-corrected chi connectivity index (χ2v) is 5.38. The molecule has 100 valence electrons. The van der Waals surface area contributed by atoms with E-state index in [0.717, 1.165) is 22.2 Å². The number of hydrogen-bond acceptors (Lipinski definition) is 5. The third-order valence-corrected chi connectivity index (χ3v) is 3.80. The average molecular weight is 282 g/mol. The summed E-state index contributed by atoms with van der Waals surface area (Å²) in [4.78, 5) is 12.9. The fourth-order valence-electron chi connectivity index (χ4n) is 2.00. The van der Waals surface area contributed by atoms with Crippen molar-refractivity contribution >= 4 is 22.2 Å². The van der Waals surface area contributed by atoms with Crippen molar-refractivity contribution in [1.29, 1.82) is 0 Å². The fourth-order valence-corrected chi connectivity index (χ4v) is 2.71. The third kappa shape index (κ3) is 2.53. The fraction of sp³-hybridized carbons (Fsp3) is 0.133. The quantitative estimate of drug-likeness (QED) is 0.790. The van der Waals surface area contributed by atoms with E-state index in [2.05, 4.69) is 52.3 Å². The molecule has 0 spiro atoms. The van der Waals surface area contributed by atoms with Crippen LogP contribution in [0.1, 0.15) is 11.1 Å². The lowest BCUT2D eigenvalue weighted by Crippen LogP contribution is -1.95. The summed E-state index contributed by atoms with van der Waals surface area (Å²) in [5.41, 5.74) is 5.17. The SMILES string of the molecule is Cc1cccc(C)c1Nc1nc(-c2cnccn2)cs1. The zero-order chi connectivity index (χ0) is 13.9. The number of benzene rings is 1. The maximum Gasteiger partial charge on any atom is 0.187 e. The van der Waals surface area contributed by atoms with E-state index < -0.39 is 0 Å². The highest BCUT2D eigenvalue weighted by atomic mass is 32.1. The summed E-state index contributed by atoms with van der Waals surface area (Å²) in [6.07, 6.45) is 5.05. The highest BCUT2D eigenvalue weighted by molar-refractivity contribution is 7.14. The smallest absolute Gasteiger partial charge is 0.187 e. The van der Waals surface area contributed by atoms with Crippen LogP contribution in [0.5, 0.6) is 0 Å². The van der Waals surface area contributed by atoms with Crippen LogP contribution in [0, 0.1) is 13.8 Å². The Kier molecular flexibility index (Phi) is 3.43. The van der Waals surface area contributed by atoms with E-state index in [1.807, 2.05) is 5.38 Å². The highest BCUT2D eigenvalue weighted by Crippen LogP contribution is 2.28. The molecule has 3 rings (SSSR count). The molecule has 4 nitrogen and oxygen atoms in total.